The average Bonchev–Trinajstić information content (AvgIpc) is 3.52. The Balaban J connectivity index is 1.57. The highest BCUT2D eigenvalue weighted by molar-refractivity contribution is 5.97. The molecule has 3 heterocycles. The summed E-state index contributed by atoms with van der Waals surface area (Å²) in [6, 6.07) is 16.5. The molecule has 1 amide bonds. The van der Waals surface area contributed by atoms with Gasteiger partial charge in [-0.2, -0.15) is 0 Å². The maximum absolute atomic E-state index is 13.5. The van der Waals surface area contributed by atoms with E-state index in [1.807, 2.05) is 31.2 Å². The normalized spacial score (nSPS) is 13.6. The molecular weight excluding hydrogens is 404 g/mol. The molecule has 0 unspecified atom stereocenters. The van der Waals surface area contributed by atoms with E-state index in [0.29, 0.717) is 34.7 Å². The summed E-state index contributed by atoms with van der Waals surface area (Å²) in [5.74, 6) is 1.06. The van der Waals surface area contributed by atoms with Gasteiger partial charge in [0.15, 0.2) is 0 Å². The fraction of sp³-hybridized carbons (Fsp3) is 0.240. The first-order chi connectivity index (χ1) is 15.6. The van der Waals surface area contributed by atoms with E-state index in [-0.39, 0.29) is 11.5 Å². The third-order valence-corrected chi connectivity index (χ3v) is 5.80. The topological polar surface area (TPSA) is 80.4 Å². The zero-order valence-electron chi connectivity index (χ0n) is 17.9. The molecule has 5 rings (SSSR count). The molecule has 1 fully saturated rings. The monoisotopic (exact) mass is 428 g/mol. The van der Waals surface area contributed by atoms with Crippen molar-refractivity contribution >= 4 is 22.8 Å². The van der Waals surface area contributed by atoms with Crippen molar-refractivity contribution in [1.82, 2.24) is 14.9 Å². The molecule has 4 aromatic rings. The minimum atomic E-state index is -0.240. The number of fused-ring (bicyclic) bond motifs is 1. The summed E-state index contributed by atoms with van der Waals surface area (Å²) in [6.45, 7) is 4.02. The van der Waals surface area contributed by atoms with Gasteiger partial charge in [-0.25, -0.2) is 9.55 Å². The molecule has 2 aromatic carbocycles. The lowest BCUT2D eigenvalue weighted by atomic mass is 10.1. The van der Waals surface area contributed by atoms with Gasteiger partial charge in [-0.05, 0) is 62.2 Å². The number of rotatable bonds is 5. The number of amides is 1. The van der Waals surface area contributed by atoms with Gasteiger partial charge in [-0.3, -0.25) is 9.59 Å². The van der Waals surface area contributed by atoms with Crippen molar-refractivity contribution in [2.45, 2.75) is 26.3 Å². The van der Waals surface area contributed by atoms with Crippen LogP contribution >= 0.6 is 0 Å². The van der Waals surface area contributed by atoms with Gasteiger partial charge < -0.3 is 14.6 Å². The number of aryl methyl sites for hydroxylation is 1. The number of hydrogen-bond donors (Lipinski definition) is 1. The molecule has 1 aliphatic rings. The third-order valence-electron chi connectivity index (χ3n) is 5.80. The van der Waals surface area contributed by atoms with Crippen LogP contribution < -0.4 is 15.8 Å². The minimum Gasteiger partial charge on any atom is -0.467 e. The van der Waals surface area contributed by atoms with Crippen molar-refractivity contribution in [1.29, 1.82) is 0 Å². The van der Waals surface area contributed by atoms with Crippen LogP contribution in [0.3, 0.4) is 0 Å². The number of carbonyl (C=O) groups excluding carboxylic acids is 1. The lowest BCUT2D eigenvalue weighted by Crippen LogP contribution is -2.30. The molecule has 0 saturated carbocycles. The molecule has 2 aromatic heterocycles. The lowest BCUT2D eigenvalue weighted by molar-refractivity contribution is 0.0948. The van der Waals surface area contributed by atoms with Crippen molar-refractivity contribution in [2.24, 2.45) is 0 Å². The molecule has 1 N–H and O–H groups in total. The van der Waals surface area contributed by atoms with E-state index in [1.165, 1.54) is 0 Å². The van der Waals surface area contributed by atoms with Crippen LogP contribution in [0.4, 0.5) is 5.95 Å². The second-order valence-electron chi connectivity index (χ2n) is 8.08. The van der Waals surface area contributed by atoms with Crippen molar-refractivity contribution < 1.29 is 9.21 Å². The lowest BCUT2D eigenvalue weighted by Gasteiger charge is -2.22. The molecule has 0 bridgehead atoms. The quantitative estimate of drug-likeness (QED) is 0.523. The van der Waals surface area contributed by atoms with Crippen LogP contribution in [0.2, 0.25) is 0 Å². The summed E-state index contributed by atoms with van der Waals surface area (Å²) in [5.41, 5.74) is 2.76. The second kappa shape index (κ2) is 8.34. The van der Waals surface area contributed by atoms with Gasteiger partial charge in [0.1, 0.15) is 5.76 Å². The second-order valence-corrected chi connectivity index (χ2v) is 8.08. The molecule has 1 saturated heterocycles. The van der Waals surface area contributed by atoms with Gasteiger partial charge in [-0.15, -0.1) is 0 Å². The summed E-state index contributed by atoms with van der Waals surface area (Å²) in [6.07, 6.45) is 3.70. The summed E-state index contributed by atoms with van der Waals surface area (Å²) in [7, 11) is 0. The Morgan fingerprint density at radius 1 is 1.09 bits per heavy atom. The molecule has 7 nitrogen and oxygen atoms in total. The van der Waals surface area contributed by atoms with Crippen molar-refractivity contribution in [3.63, 3.8) is 0 Å². The molecular formula is C25H24N4O3. The molecule has 162 valence electrons. The van der Waals surface area contributed by atoms with Crippen molar-refractivity contribution in [3.8, 4) is 5.69 Å². The van der Waals surface area contributed by atoms with Gasteiger partial charge in [0, 0.05) is 18.7 Å². The highest BCUT2D eigenvalue weighted by atomic mass is 16.3. The Morgan fingerprint density at radius 2 is 1.88 bits per heavy atom. The molecule has 0 atom stereocenters. The predicted molar refractivity (Wildman–Crippen MR) is 123 cm³/mol. The summed E-state index contributed by atoms with van der Waals surface area (Å²) >= 11 is 0. The summed E-state index contributed by atoms with van der Waals surface area (Å²) < 4.78 is 6.95. The van der Waals surface area contributed by atoms with Crippen molar-refractivity contribution in [3.05, 3.63) is 88.1 Å². The molecule has 0 aliphatic carbocycles. The van der Waals surface area contributed by atoms with E-state index in [0.717, 1.165) is 37.2 Å². The number of nitrogens with zero attached hydrogens (tertiary/aromatic N) is 3. The van der Waals surface area contributed by atoms with Crippen LogP contribution in [-0.4, -0.2) is 28.5 Å². The van der Waals surface area contributed by atoms with Crippen LogP contribution in [-0.2, 0) is 6.54 Å². The molecule has 32 heavy (non-hydrogen) atoms. The maximum Gasteiger partial charge on any atom is 0.267 e. The number of aromatic nitrogens is 2. The van der Waals surface area contributed by atoms with Crippen LogP contribution in [0.15, 0.2) is 70.1 Å². The van der Waals surface area contributed by atoms with E-state index in [4.69, 9.17) is 9.40 Å². The highest BCUT2D eigenvalue weighted by Gasteiger charge is 2.21. The first-order valence-corrected chi connectivity index (χ1v) is 10.8. The van der Waals surface area contributed by atoms with E-state index in [1.54, 1.807) is 41.2 Å². The Morgan fingerprint density at radius 3 is 2.59 bits per heavy atom. The fourth-order valence-corrected chi connectivity index (χ4v) is 4.05. The molecule has 0 spiro atoms. The van der Waals surface area contributed by atoms with Crippen LogP contribution in [0.5, 0.6) is 0 Å². The molecule has 7 heteroatoms. The summed E-state index contributed by atoms with van der Waals surface area (Å²) in [5, 5.41) is 3.32. The largest absolute Gasteiger partial charge is 0.467 e. The van der Waals surface area contributed by atoms with Gasteiger partial charge in [-0.1, -0.05) is 17.7 Å². The standard InChI is InChI=1S/C25H24N4O3/c1-17-6-9-19(10-7-17)29-24(31)21-11-8-18(23(30)26-16-20-5-4-14-32-20)15-22(21)27-25(29)28-12-2-3-13-28/h4-11,14-15H,2-3,12-13,16H2,1H3,(H,26,30). The van der Waals surface area contributed by atoms with Gasteiger partial charge in [0.2, 0.25) is 5.95 Å². The Kier molecular flexibility index (Phi) is 5.23. The fourth-order valence-electron chi connectivity index (χ4n) is 4.05. The van der Waals surface area contributed by atoms with Crippen molar-refractivity contribution in [2.75, 3.05) is 18.0 Å². The number of benzene rings is 2. The first kappa shape index (κ1) is 20.1. The Labute approximate surface area is 185 Å². The zero-order chi connectivity index (χ0) is 22.1. The smallest absolute Gasteiger partial charge is 0.267 e. The SMILES string of the molecule is Cc1ccc(-n2c(N3CCCC3)nc3cc(C(=O)NCc4ccco4)ccc3c2=O)cc1. The minimum absolute atomic E-state index is 0.136. The average molecular weight is 428 g/mol. The molecule has 1 aliphatic heterocycles. The van der Waals surface area contributed by atoms with Crippen LogP contribution in [0.1, 0.15) is 34.5 Å². The Bertz CT molecular complexity index is 1320. The zero-order valence-corrected chi connectivity index (χ0v) is 17.9. The van der Waals surface area contributed by atoms with E-state index < -0.39 is 0 Å². The van der Waals surface area contributed by atoms with Gasteiger partial charge in [0.05, 0.1) is 29.4 Å². The number of carbonyl (C=O) groups is 1. The highest BCUT2D eigenvalue weighted by Crippen LogP contribution is 2.23. The van der Waals surface area contributed by atoms with Crippen LogP contribution in [0.25, 0.3) is 16.6 Å². The number of hydrogen-bond acceptors (Lipinski definition) is 5. The van der Waals surface area contributed by atoms with E-state index in [2.05, 4.69) is 10.2 Å². The van der Waals surface area contributed by atoms with Gasteiger partial charge in [0.25, 0.3) is 11.5 Å². The predicted octanol–water partition coefficient (Wildman–Crippen LogP) is 3.82. The van der Waals surface area contributed by atoms with E-state index >= 15 is 0 Å². The maximum atomic E-state index is 13.5. The van der Waals surface area contributed by atoms with E-state index in [9.17, 15) is 9.59 Å². The van der Waals surface area contributed by atoms with Gasteiger partial charge >= 0.3 is 0 Å². The number of nitrogens with one attached hydrogen (secondary N) is 1. The summed E-state index contributed by atoms with van der Waals surface area (Å²) in [4.78, 5) is 33.2. The number of anilines is 1. The third kappa shape index (κ3) is 3.77. The molecule has 0 radical (unpaired) electrons. The van der Waals surface area contributed by atoms with Crippen LogP contribution in [0, 0.1) is 6.92 Å². The first-order valence-electron chi connectivity index (χ1n) is 10.8. The Hall–Kier alpha value is -3.87. The number of furan rings is 1.